The van der Waals surface area contributed by atoms with Crippen molar-refractivity contribution >= 4 is 43.5 Å². The molecule has 3 heterocycles. The van der Waals surface area contributed by atoms with Crippen molar-refractivity contribution in [3.05, 3.63) is 23.1 Å². The summed E-state index contributed by atoms with van der Waals surface area (Å²) in [6, 6.07) is 0. The van der Waals surface area contributed by atoms with Crippen molar-refractivity contribution in [2.45, 2.75) is 70.6 Å². The zero-order valence-corrected chi connectivity index (χ0v) is 19.1. The van der Waals surface area contributed by atoms with Gasteiger partial charge in [0.15, 0.2) is 6.29 Å². The number of hydrogen-bond donors (Lipinski definition) is 0. The molecule has 0 bridgehead atoms. The molecule has 1 aliphatic carbocycles. The van der Waals surface area contributed by atoms with Crippen LogP contribution in [0.4, 0.5) is 0 Å². The SMILES string of the molecule is CCCCc1nc2sc3c(SCC(OCC)OCC)ncnc3c2c2c1CCC2. The van der Waals surface area contributed by atoms with Crippen LogP contribution in [0.15, 0.2) is 11.4 Å². The maximum absolute atomic E-state index is 5.69. The Morgan fingerprint density at radius 3 is 2.66 bits per heavy atom. The summed E-state index contributed by atoms with van der Waals surface area (Å²) in [6.07, 6.45) is 8.50. The van der Waals surface area contributed by atoms with Crippen molar-refractivity contribution in [2.75, 3.05) is 19.0 Å². The van der Waals surface area contributed by atoms with Gasteiger partial charge in [-0.1, -0.05) is 25.1 Å². The van der Waals surface area contributed by atoms with Gasteiger partial charge in [-0.05, 0) is 57.1 Å². The third-order valence-electron chi connectivity index (χ3n) is 5.35. The molecular weight excluding hydrogens is 402 g/mol. The third kappa shape index (κ3) is 4.29. The van der Waals surface area contributed by atoms with E-state index in [1.54, 1.807) is 29.4 Å². The van der Waals surface area contributed by atoms with Gasteiger partial charge in [0.2, 0.25) is 0 Å². The molecule has 0 N–H and O–H groups in total. The van der Waals surface area contributed by atoms with E-state index in [1.807, 2.05) is 13.8 Å². The van der Waals surface area contributed by atoms with Gasteiger partial charge in [0.05, 0.1) is 16.0 Å². The predicted octanol–water partition coefficient (Wildman–Crippen LogP) is 5.56. The highest BCUT2D eigenvalue weighted by Gasteiger charge is 2.24. The minimum atomic E-state index is -0.211. The molecule has 0 radical (unpaired) electrons. The van der Waals surface area contributed by atoms with Crippen LogP contribution in [0.25, 0.3) is 20.4 Å². The van der Waals surface area contributed by atoms with Gasteiger partial charge in [-0.3, -0.25) is 0 Å². The maximum atomic E-state index is 5.69. The maximum Gasteiger partial charge on any atom is 0.166 e. The van der Waals surface area contributed by atoms with Crippen molar-refractivity contribution in [2.24, 2.45) is 0 Å². The minimum absolute atomic E-state index is 0.211. The molecule has 156 valence electrons. The van der Waals surface area contributed by atoms with Crippen LogP contribution in [0, 0.1) is 0 Å². The average molecular weight is 432 g/mol. The van der Waals surface area contributed by atoms with E-state index in [0.717, 1.165) is 45.1 Å². The molecule has 3 aromatic heterocycles. The lowest BCUT2D eigenvalue weighted by Crippen LogP contribution is -2.20. The highest BCUT2D eigenvalue weighted by Crippen LogP contribution is 2.42. The van der Waals surface area contributed by atoms with Crippen molar-refractivity contribution in [1.82, 2.24) is 15.0 Å². The summed E-state index contributed by atoms with van der Waals surface area (Å²) in [5.74, 6) is 0.718. The summed E-state index contributed by atoms with van der Waals surface area (Å²) in [5, 5.41) is 2.28. The Bertz CT molecular complexity index is 983. The second kappa shape index (κ2) is 9.69. The molecule has 0 aromatic carbocycles. The number of aryl methyl sites for hydroxylation is 2. The van der Waals surface area contributed by atoms with Crippen LogP contribution < -0.4 is 0 Å². The Hall–Kier alpha value is -1.28. The zero-order chi connectivity index (χ0) is 20.2. The van der Waals surface area contributed by atoms with E-state index in [1.165, 1.54) is 41.5 Å². The van der Waals surface area contributed by atoms with Crippen molar-refractivity contribution in [3.63, 3.8) is 0 Å². The lowest BCUT2D eigenvalue weighted by molar-refractivity contribution is -0.120. The molecule has 0 spiro atoms. The van der Waals surface area contributed by atoms with Crippen LogP contribution in [0.1, 0.15) is 56.9 Å². The first-order chi connectivity index (χ1) is 14.3. The summed E-state index contributed by atoms with van der Waals surface area (Å²) >= 11 is 3.43. The topological polar surface area (TPSA) is 57.1 Å². The molecule has 0 saturated carbocycles. The largest absolute Gasteiger partial charge is 0.352 e. The number of aromatic nitrogens is 3. The molecule has 7 heteroatoms. The number of thiophene rings is 1. The standard InChI is InChI=1S/C22H29N3O2S2/c1-4-7-11-16-14-9-8-10-15(14)18-19-20(29-21(18)25-16)22(24-13-23-19)28-12-17(26-5-2)27-6-3/h13,17H,4-12H2,1-3H3. The molecule has 0 atom stereocenters. The number of ether oxygens (including phenoxy) is 2. The summed E-state index contributed by atoms with van der Waals surface area (Å²) in [6.45, 7) is 7.52. The molecule has 0 saturated heterocycles. The van der Waals surface area contributed by atoms with E-state index >= 15 is 0 Å². The van der Waals surface area contributed by atoms with Gasteiger partial charge in [0, 0.05) is 24.3 Å². The highest BCUT2D eigenvalue weighted by atomic mass is 32.2. The molecule has 29 heavy (non-hydrogen) atoms. The summed E-state index contributed by atoms with van der Waals surface area (Å²) in [5.41, 5.74) is 5.36. The van der Waals surface area contributed by atoms with E-state index in [4.69, 9.17) is 14.5 Å². The van der Waals surface area contributed by atoms with Crippen LogP contribution in [0.2, 0.25) is 0 Å². The minimum Gasteiger partial charge on any atom is -0.352 e. The fourth-order valence-electron chi connectivity index (χ4n) is 4.07. The first-order valence-corrected chi connectivity index (χ1v) is 12.5. The monoisotopic (exact) mass is 431 g/mol. The Balaban J connectivity index is 1.72. The van der Waals surface area contributed by atoms with E-state index in [9.17, 15) is 0 Å². The molecule has 0 amide bonds. The first kappa shape index (κ1) is 21.0. The normalized spacial score (nSPS) is 13.8. The van der Waals surface area contributed by atoms with Gasteiger partial charge >= 0.3 is 0 Å². The Morgan fingerprint density at radius 2 is 1.90 bits per heavy atom. The smallest absolute Gasteiger partial charge is 0.166 e. The van der Waals surface area contributed by atoms with Crippen molar-refractivity contribution in [3.8, 4) is 0 Å². The molecule has 0 aliphatic heterocycles. The van der Waals surface area contributed by atoms with E-state index in [-0.39, 0.29) is 6.29 Å². The van der Waals surface area contributed by atoms with E-state index in [2.05, 4.69) is 16.9 Å². The lowest BCUT2D eigenvalue weighted by Gasteiger charge is -2.16. The quantitative estimate of drug-likeness (QED) is 0.238. The predicted molar refractivity (Wildman–Crippen MR) is 121 cm³/mol. The van der Waals surface area contributed by atoms with Crippen LogP contribution >= 0.6 is 23.1 Å². The van der Waals surface area contributed by atoms with Gasteiger partial charge in [-0.15, -0.1) is 11.3 Å². The first-order valence-electron chi connectivity index (χ1n) is 10.7. The lowest BCUT2D eigenvalue weighted by atomic mass is 10.0. The number of pyridine rings is 1. The van der Waals surface area contributed by atoms with E-state index in [0.29, 0.717) is 13.2 Å². The van der Waals surface area contributed by atoms with Crippen LogP contribution in [-0.4, -0.2) is 40.2 Å². The fourth-order valence-corrected chi connectivity index (χ4v) is 6.27. The molecule has 0 fully saturated rings. The van der Waals surface area contributed by atoms with Crippen molar-refractivity contribution < 1.29 is 9.47 Å². The third-order valence-corrected chi connectivity index (χ3v) is 7.58. The number of rotatable bonds is 10. The number of fused-ring (bicyclic) bond motifs is 5. The molecule has 5 nitrogen and oxygen atoms in total. The number of hydrogen-bond acceptors (Lipinski definition) is 7. The summed E-state index contributed by atoms with van der Waals surface area (Å²) < 4.78 is 12.5. The van der Waals surface area contributed by atoms with Crippen molar-refractivity contribution in [1.29, 1.82) is 0 Å². The van der Waals surface area contributed by atoms with Crippen LogP contribution in [0.5, 0.6) is 0 Å². The van der Waals surface area contributed by atoms with Gasteiger partial charge in [0.25, 0.3) is 0 Å². The molecule has 3 aromatic rings. The van der Waals surface area contributed by atoms with Crippen LogP contribution in [0.3, 0.4) is 0 Å². The molecule has 1 aliphatic rings. The second-order valence-corrected chi connectivity index (χ2v) is 9.27. The Morgan fingerprint density at radius 1 is 1.10 bits per heavy atom. The molecule has 0 unspecified atom stereocenters. The van der Waals surface area contributed by atoms with Gasteiger partial charge in [0.1, 0.15) is 16.2 Å². The highest BCUT2D eigenvalue weighted by molar-refractivity contribution is 7.99. The fraction of sp³-hybridized carbons (Fsp3) is 0.591. The average Bonchev–Trinajstić information content (AvgIpc) is 3.35. The van der Waals surface area contributed by atoms with Crippen LogP contribution in [-0.2, 0) is 28.7 Å². The number of thioether (sulfide) groups is 1. The Kier molecular flexibility index (Phi) is 7.00. The Labute approximate surface area is 180 Å². The van der Waals surface area contributed by atoms with Gasteiger partial charge in [-0.2, -0.15) is 0 Å². The summed E-state index contributed by atoms with van der Waals surface area (Å²) in [7, 11) is 0. The molecular formula is C22H29N3O2S2. The van der Waals surface area contributed by atoms with Gasteiger partial charge in [-0.25, -0.2) is 15.0 Å². The second-order valence-electron chi connectivity index (χ2n) is 7.26. The summed E-state index contributed by atoms with van der Waals surface area (Å²) in [4.78, 5) is 15.5. The van der Waals surface area contributed by atoms with E-state index < -0.39 is 0 Å². The number of unbranched alkanes of at least 4 members (excludes halogenated alkanes) is 1. The molecule has 4 rings (SSSR count). The zero-order valence-electron chi connectivity index (χ0n) is 17.5. The van der Waals surface area contributed by atoms with Gasteiger partial charge < -0.3 is 9.47 Å². The number of nitrogens with zero attached hydrogens (tertiary/aromatic N) is 3.